The number of hydrogen-bond acceptors (Lipinski definition) is 3. The molecule has 0 heterocycles. The molecule has 0 radical (unpaired) electrons. The fraction of sp³-hybridized carbons (Fsp3) is 0.188. The molecule has 6 heteroatoms. The van der Waals surface area contributed by atoms with Gasteiger partial charge in [-0.1, -0.05) is 54.4 Å². The zero-order chi connectivity index (χ0) is 16.2. The molecule has 0 unspecified atom stereocenters. The first-order chi connectivity index (χ1) is 10.5. The Morgan fingerprint density at radius 1 is 1.00 bits per heavy atom. The highest BCUT2D eigenvalue weighted by Crippen LogP contribution is 2.31. The maximum Gasteiger partial charge on any atom is 0.275 e. The fourth-order valence-electron chi connectivity index (χ4n) is 2.07. The minimum absolute atomic E-state index is 0.412. The molecule has 4 nitrogen and oxygen atoms in total. The number of benzene rings is 2. The van der Waals surface area contributed by atoms with Gasteiger partial charge in [-0.3, -0.25) is 10.2 Å². The Bertz CT molecular complexity index is 597. The molecule has 0 atom stereocenters. The van der Waals surface area contributed by atoms with Gasteiger partial charge in [0.2, 0.25) is 0 Å². The van der Waals surface area contributed by atoms with Crippen molar-refractivity contribution in [1.29, 1.82) is 0 Å². The van der Waals surface area contributed by atoms with Crippen molar-refractivity contribution in [2.24, 2.45) is 0 Å². The van der Waals surface area contributed by atoms with Crippen LogP contribution in [0.3, 0.4) is 0 Å². The molecule has 0 saturated heterocycles. The third kappa shape index (κ3) is 3.42. The van der Waals surface area contributed by atoms with Crippen LogP contribution in [0.1, 0.15) is 18.1 Å². The molecule has 0 aliphatic heterocycles. The van der Waals surface area contributed by atoms with E-state index in [0.29, 0.717) is 27.7 Å². The van der Waals surface area contributed by atoms with Gasteiger partial charge in [-0.25, -0.2) is 5.43 Å². The summed E-state index contributed by atoms with van der Waals surface area (Å²) in [7, 11) is 0. The summed E-state index contributed by atoms with van der Waals surface area (Å²) < 4.78 is 0. The van der Waals surface area contributed by atoms with E-state index in [9.17, 15) is 9.90 Å². The van der Waals surface area contributed by atoms with Gasteiger partial charge < -0.3 is 5.11 Å². The van der Waals surface area contributed by atoms with Crippen LogP contribution in [-0.2, 0) is 10.4 Å². The quantitative estimate of drug-likeness (QED) is 0.734. The van der Waals surface area contributed by atoms with Crippen LogP contribution < -0.4 is 10.9 Å². The van der Waals surface area contributed by atoms with E-state index in [-0.39, 0.29) is 0 Å². The van der Waals surface area contributed by atoms with Gasteiger partial charge >= 0.3 is 0 Å². The zero-order valence-electron chi connectivity index (χ0n) is 11.9. The van der Waals surface area contributed by atoms with Crippen molar-refractivity contribution in [1.82, 2.24) is 10.9 Å². The van der Waals surface area contributed by atoms with E-state index in [0.717, 1.165) is 0 Å². The highest BCUT2D eigenvalue weighted by atomic mass is 35.5. The maximum atomic E-state index is 12.5. The number of halogens is 2. The van der Waals surface area contributed by atoms with Crippen molar-refractivity contribution in [3.8, 4) is 0 Å². The number of nitrogens with one attached hydrogen (secondary N) is 2. The molecule has 0 aliphatic carbocycles. The molecule has 1 amide bonds. The molecule has 0 aliphatic rings. The average Bonchev–Trinajstić information content (AvgIpc) is 2.53. The molecule has 22 heavy (non-hydrogen) atoms. The molecule has 0 saturated carbocycles. The second kappa shape index (κ2) is 7.11. The minimum atomic E-state index is -1.85. The second-order valence-corrected chi connectivity index (χ2v) is 5.58. The standard InChI is InChI=1S/C16H16Cl2N2O2/c1-2-19-20-15(21)16(22,11-3-7-13(17)8-4-11)12-5-9-14(18)10-6-12/h3-10,19,22H,2H2,1H3,(H,20,21). The highest BCUT2D eigenvalue weighted by molar-refractivity contribution is 6.30. The number of rotatable bonds is 5. The number of hydrazine groups is 1. The van der Waals surface area contributed by atoms with Crippen LogP contribution in [0.5, 0.6) is 0 Å². The Morgan fingerprint density at radius 2 is 1.41 bits per heavy atom. The van der Waals surface area contributed by atoms with Gasteiger partial charge in [0, 0.05) is 16.6 Å². The van der Waals surface area contributed by atoms with Crippen LogP contribution in [0.2, 0.25) is 10.0 Å². The molecule has 116 valence electrons. The number of carbonyl (C=O) groups excluding carboxylic acids is 1. The molecule has 0 aromatic heterocycles. The maximum absolute atomic E-state index is 12.5. The van der Waals surface area contributed by atoms with Gasteiger partial charge in [-0.15, -0.1) is 0 Å². The van der Waals surface area contributed by atoms with Crippen LogP contribution in [-0.4, -0.2) is 17.6 Å². The Morgan fingerprint density at radius 3 is 1.77 bits per heavy atom. The van der Waals surface area contributed by atoms with Crippen LogP contribution in [0.25, 0.3) is 0 Å². The van der Waals surface area contributed by atoms with Crippen molar-refractivity contribution in [3.05, 3.63) is 69.7 Å². The van der Waals surface area contributed by atoms with E-state index < -0.39 is 11.5 Å². The van der Waals surface area contributed by atoms with Crippen molar-refractivity contribution in [2.75, 3.05) is 6.54 Å². The van der Waals surface area contributed by atoms with Crippen molar-refractivity contribution in [2.45, 2.75) is 12.5 Å². The average molecular weight is 339 g/mol. The SMILES string of the molecule is CCNNC(=O)C(O)(c1ccc(Cl)cc1)c1ccc(Cl)cc1. The largest absolute Gasteiger partial charge is 0.372 e. The normalized spacial score (nSPS) is 11.3. The molecule has 2 aromatic rings. The summed E-state index contributed by atoms with van der Waals surface area (Å²) >= 11 is 11.8. The van der Waals surface area contributed by atoms with Gasteiger partial charge in [0.05, 0.1) is 0 Å². The molecule has 2 aromatic carbocycles. The van der Waals surface area contributed by atoms with E-state index >= 15 is 0 Å². The van der Waals surface area contributed by atoms with Crippen molar-refractivity contribution >= 4 is 29.1 Å². The Balaban J connectivity index is 2.50. The van der Waals surface area contributed by atoms with Gasteiger partial charge in [-0.05, 0) is 35.4 Å². The molecule has 3 N–H and O–H groups in total. The van der Waals surface area contributed by atoms with E-state index in [4.69, 9.17) is 23.2 Å². The molecule has 0 spiro atoms. The Kier molecular flexibility index (Phi) is 5.42. The number of hydrogen-bond donors (Lipinski definition) is 3. The highest BCUT2D eigenvalue weighted by Gasteiger charge is 2.39. The molecule has 2 rings (SSSR count). The topological polar surface area (TPSA) is 61.4 Å². The van der Waals surface area contributed by atoms with Gasteiger partial charge in [-0.2, -0.15) is 0 Å². The summed E-state index contributed by atoms with van der Waals surface area (Å²) in [5.74, 6) is -0.584. The van der Waals surface area contributed by atoms with Gasteiger partial charge in [0.15, 0.2) is 5.60 Å². The van der Waals surface area contributed by atoms with E-state index in [1.165, 1.54) is 0 Å². The van der Waals surface area contributed by atoms with Crippen molar-refractivity contribution < 1.29 is 9.90 Å². The Labute approximate surface area is 139 Å². The van der Waals surface area contributed by atoms with Crippen LogP contribution in [0.4, 0.5) is 0 Å². The van der Waals surface area contributed by atoms with E-state index in [1.54, 1.807) is 48.5 Å². The van der Waals surface area contributed by atoms with Crippen LogP contribution >= 0.6 is 23.2 Å². The number of carbonyl (C=O) groups is 1. The van der Waals surface area contributed by atoms with E-state index in [2.05, 4.69) is 10.9 Å². The van der Waals surface area contributed by atoms with E-state index in [1.807, 2.05) is 6.92 Å². The van der Waals surface area contributed by atoms with Gasteiger partial charge in [0.1, 0.15) is 0 Å². The van der Waals surface area contributed by atoms with Crippen LogP contribution in [0.15, 0.2) is 48.5 Å². The van der Waals surface area contributed by atoms with Gasteiger partial charge in [0.25, 0.3) is 5.91 Å². The lowest BCUT2D eigenvalue weighted by Crippen LogP contribution is -2.50. The lowest BCUT2D eigenvalue weighted by atomic mass is 9.85. The lowest BCUT2D eigenvalue weighted by Gasteiger charge is -2.28. The summed E-state index contributed by atoms with van der Waals surface area (Å²) in [5, 5.41) is 12.1. The predicted molar refractivity (Wildman–Crippen MR) is 87.7 cm³/mol. The Hall–Kier alpha value is -1.59. The summed E-state index contributed by atoms with van der Waals surface area (Å²) in [6, 6.07) is 12.9. The molecular formula is C16H16Cl2N2O2. The number of aliphatic hydroxyl groups is 1. The molecule has 0 bridgehead atoms. The lowest BCUT2D eigenvalue weighted by molar-refractivity contribution is -0.137. The monoisotopic (exact) mass is 338 g/mol. The summed E-state index contributed by atoms with van der Waals surface area (Å²) in [6.45, 7) is 2.37. The first kappa shape index (κ1) is 16.8. The first-order valence-electron chi connectivity index (χ1n) is 6.76. The predicted octanol–water partition coefficient (Wildman–Crippen LogP) is 2.87. The summed E-state index contributed by atoms with van der Waals surface area (Å²) in [6.07, 6.45) is 0. The molecule has 0 fully saturated rings. The fourth-order valence-corrected chi connectivity index (χ4v) is 2.32. The third-order valence-corrected chi connectivity index (χ3v) is 3.74. The second-order valence-electron chi connectivity index (χ2n) is 4.71. The third-order valence-electron chi connectivity index (χ3n) is 3.23. The van der Waals surface area contributed by atoms with Crippen molar-refractivity contribution in [3.63, 3.8) is 0 Å². The number of amides is 1. The summed E-state index contributed by atoms with van der Waals surface area (Å²) in [4.78, 5) is 12.5. The molecular weight excluding hydrogens is 323 g/mol. The van der Waals surface area contributed by atoms with Crippen LogP contribution in [0, 0.1) is 0 Å². The first-order valence-corrected chi connectivity index (χ1v) is 7.52. The summed E-state index contributed by atoms with van der Waals surface area (Å²) in [5.41, 5.74) is 4.17. The smallest absolute Gasteiger partial charge is 0.275 e. The minimum Gasteiger partial charge on any atom is -0.372 e. The zero-order valence-corrected chi connectivity index (χ0v) is 13.4.